The molecule has 10 rings (SSSR count). The third-order valence-electron chi connectivity index (χ3n) is 9.67. The highest BCUT2D eigenvalue weighted by Crippen LogP contribution is 2.41. The molecule has 0 saturated carbocycles. The maximum atomic E-state index is 2.44. The minimum absolute atomic E-state index is 1.17. The van der Waals surface area contributed by atoms with E-state index in [9.17, 15) is 0 Å². The Balaban J connectivity index is 1.08. The molecule has 0 aliphatic heterocycles. The largest absolute Gasteiger partial charge is 0.309 e. The van der Waals surface area contributed by atoms with E-state index < -0.39 is 0 Å². The Bertz CT molecular complexity index is 2660. The molecule has 0 saturated heterocycles. The highest BCUT2D eigenvalue weighted by atomic mass is 15.0. The summed E-state index contributed by atoms with van der Waals surface area (Å²) in [6, 6.07) is 61.9. The standard InChI is InChI=1S/C44H28N2/c1-2-9-29(10-3-1)34-27-33-18-17-32-11-8-16-41-43(32)44(33)42(28-34)46(41)36-25-21-31(22-26-36)30-19-23-35(24-20-30)45-39-14-6-4-12-37(39)38-13-5-7-15-40(38)45/h1-28H. The molecule has 0 radical (unpaired) electrons. The molecule has 2 aromatic heterocycles. The molecule has 2 heteroatoms. The zero-order valence-corrected chi connectivity index (χ0v) is 25.1. The zero-order valence-electron chi connectivity index (χ0n) is 25.1. The van der Waals surface area contributed by atoms with Crippen LogP contribution in [0.4, 0.5) is 0 Å². The van der Waals surface area contributed by atoms with Crippen LogP contribution in [0, 0.1) is 0 Å². The first kappa shape index (κ1) is 25.2. The second-order valence-electron chi connectivity index (χ2n) is 12.2. The first-order valence-corrected chi connectivity index (χ1v) is 15.9. The van der Waals surface area contributed by atoms with Gasteiger partial charge in [-0.05, 0) is 87.6 Å². The molecule has 0 atom stereocenters. The molecule has 0 unspecified atom stereocenters. The number of fused-ring (bicyclic) bond motifs is 3. The normalized spacial score (nSPS) is 11.9. The van der Waals surface area contributed by atoms with Crippen LogP contribution in [0.3, 0.4) is 0 Å². The van der Waals surface area contributed by atoms with Gasteiger partial charge in [0, 0.05) is 32.9 Å². The smallest absolute Gasteiger partial charge is 0.0553 e. The average Bonchev–Trinajstić information content (AvgIpc) is 3.65. The maximum Gasteiger partial charge on any atom is 0.0553 e. The fraction of sp³-hybridized carbons (Fsp3) is 0. The molecular weight excluding hydrogens is 556 g/mol. The van der Waals surface area contributed by atoms with Gasteiger partial charge in [-0.25, -0.2) is 0 Å². The van der Waals surface area contributed by atoms with Crippen molar-refractivity contribution in [1.82, 2.24) is 9.13 Å². The van der Waals surface area contributed by atoms with Crippen molar-refractivity contribution in [3.8, 4) is 33.6 Å². The molecule has 0 aliphatic carbocycles. The van der Waals surface area contributed by atoms with Crippen LogP contribution in [-0.2, 0) is 0 Å². The molecule has 0 amide bonds. The summed E-state index contributed by atoms with van der Waals surface area (Å²) in [5.74, 6) is 0. The van der Waals surface area contributed by atoms with Crippen molar-refractivity contribution in [1.29, 1.82) is 0 Å². The van der Waals surface area contributed by atoms with Crippen molar-refractivity contribution in [3.05, 3.63) is 170 Å². The number of nitrogens with zero attached hydrogens (tertiary/aromatic N) is 2. The maximum absolute atomic E-state index is 2.44. The summed E-state index contributed by atoms with van der Waals surface area (Å²) in [5.41, 5.74) is 12.2. The van der Waals surface area contributed by atoms with Gasteiger partial charge in [0.2, 0.25) is 0 Å². The molecule has 0 spiro atoms. The number of benzene rings is 8. The first-order valence-electron chi connectivity index (χ1n) is 15.9. The molecule has 214 valence electrons. The average molecular weight is 585 g/mol. The van der Waals surface area contributed by atoms with Gasteiger partial charge in [-0.1, -0.05) is 115 Å². The highest BCUT2D eigenvalue weighted by molar-refractivity contribution is 6.25. The van der Waals surface area contributed by atoms with Gasteiger partial charge in [0.1, 0.15) is 0 Å². The zero-order chi connectivity index (χ0) is 30.2. The number of hydrogen-bond donors (Lipinski definition) is 0. The number of hydrogen-bond acceptors (Lipinski definition) is 0. The van der Waals surface area contributed by atoms with Crippen molar-refractivity contribution >= 4 is 54.4 Å². The van der Waals surface area contributed by atoms with Crippen LogP contribution >= 0.6 is 0 Å². The number of rotatable bonds is 4. The Kier molecular flexibility index (Phi) is 5.31. The van der Waals surface area contributed by atoms with E-state index in [-0.39, 0.29) is 0 Å². The van der Waals surface area contributed by atoms with Gasteiger partial charge in [0.15, 0.2) is 0 Å². The summed E-state index contributed by atoms with van der Waals surface area (Å²) in [5, 5.41) is 7.78. The molecule has 0 aliphatic rings. The topological polar surface area (TPSA) is 9.86 Å². The summed E-state index contributed by atoms with van der Waals surface area (Å²) >= 11 is 0. The highest BCUT2D eigenvalue weighted by Gasteiger charge is 2.18. The molecule has 0 N–H and O–H groups in total. The second kappa shape index (κ2) is 9.69. The van der Waals surface area contributed by atoms with Crippen LogP contribution in [0.1, 0.15) is 0 Å². The lowest BCUT2D eigenvalue weighted by atomic mass is 9.97. The Labute approximate surface area is 266 Å². The lowest BCUT2D eigenvalue weighted by Crippen LogP contribution is -1.95. The predicted molar refractivity (Wildman–Crippen MR) is 195 cm³/mol. The molecule has 2 heterocycles. The van der Waals surface area contributed by atoms with E-state index in [1.807, 2.05) is 0 Å². The summed E-state index contributed by atoms with van der Waals surface area (Å²) in [4.78, 5) is 0. The molecule has 0 bridgehead atoms. The van der Waals surface area contributed by atoms with Crippen molar-refractivity contribution in [2.75, 3.05) is 0 Å². The van der Waals surface area contributed by atoms with Crippen LogP contribution in [0.25, 0.3) is 88.0 Å². The molecule has 46 heavy (non-hydrogen) atoms. The van der Waals surface area contributed by atoms with Gasteiger partial charge in [0.25, 0.3) is 0 Å². The van der Waals surface area contributed by atoms with Crippen LogP contribution < -0.4 is 0 Å². The fourth-order valence-electron chi connectivity index (χ4n) is 7.58. The summed E-state index contributed by atoms with van der Waals surface area (Å²) < 4.78 is 4.81. The van der Waals surface area contributed by atoms with Gasteiger partial charge in [-0.3, -0.25) is 0 Å². The van der Waals surface area contributed by atoms with E-state index in [1.165, 1.54) is 88.0 Å². The lowest BCUT2D eigenvalue weighted by Gasteiger charge is -2.12. The number of para-hydroxylation sites is 2. The van der Waals surface area contributed by atoms with Gasteiger partial charge in [-0.2, -0.15) is 0 Å². The van der Waals surface area contributed by atoms with Crippen molar-refractivity contribution in [3.63, 3.8) is 0 Å². The van der Waals surface area contributed by atoms with E-state index in [4.69, 9.17) is 0 Å². The third kappa shape index (κ3) is 3.65. The van der Waals surface area contributed by atoms with Crippen molar-refractivity contribution in [2.45, 2.75) is 0 Å². The summed E-state index contributed by atoms with van der Waals surface area (Å²) in [7, 11) is 0. The van der Waals surface area contributed by atoms with Gasteiger partial charge >= 0.3 is 0 Å². The molecule has 10 aromatic rings. The van der Waals surface area contributed by atoms with E-state index in [1.54, 1.807) is 0 Å². The van der Waals surface area contributed by atoms with Crippen molar-refractivity contribution in [2.24, 2.45) is 0 Å². The van der Waals surface area contributed by atoms with Crippen LogP contribution in [0.2, 0.25) is 0 Å². The van der Waals surface area contributed by atoms with Crippen molar-refractivity contribution < 1.29 is 0 Å². The Morgan fingerprint density at radius 3 is 1.43 bits per heavy atom. The lowest BCUT2D eigenvalue weighted by molar-refractivity contribution is 1.18. The molecule has 8 aromatic carbocycles. The first-order chi connectivity index (χ1) is 22.8. The Morgan fingerprint density at radius 2 is 0.783 bits per heavy atom. The van der Waals surface area contributed by atoms with E-state index >= 15 is 0 Å². The molecule has 2 nitrogen and oxygen atoms in total. The summed E-state index contributed by atoms with van der Waals surface area (Å²) in [6.45, 7) is 0. The predicted octanol–water partition coefficient (Wildman–Crippen LogP) is 11.8. The monoisotopic (exact) mass is 584 g/mol. The van der Waals surface area contributed by atoms with Crippen LogP contribution in [0.5, 0.6) is 0 Å². The van der Waals surface area contributed by atoms with Gasteiger partial charge in [-0.15, -0.1) is 0 Å². The number of aromatic nitrogens is 2. The minimum Gasteiger partial charge on any atom is -0.309 e. The molecule has 0 fully saturated rings. The van der Waals surface area contributed by atoms with E-state index in [0.717, 1.165) is 0 Å². The minimum atomic E-state index is 1.17. The van der Waals surface area contributed by atoms with Crippen LogP contribution in [-0.4, -0.2) is 9.13 Å². The summed E-state index contributed by atoms with van der Waals surface area (Å²) in [6.07, 6.45) is 0. The Hall–Kier alpha value is -6.12. The quantitative estimate of drug-likeness (QED) is 0.182. The van der Waals surface area contributed by atoms with Crippen LogP contribution in [0.15, 0.2) is 170 Å². The molecular formula is C44H28N2. The SMILES string of the molecule is c1ccc(-c2cc3ccc4cccc5c4c3c(c2)n5-c2ccc(-c3ccc(-n4c5ccccc5c5ccccc54)cc3)cc2)cc1. The second-order valence-corrected chi connectivity index (χ2v) is 12.2. The van der Waals surface area contributed by atoms with Gasteiger partial charge < -0.3 is 9.13 Å². The Morgan fingerprint density at radius 1 is 0.283 bits per heavy atom. The fourth-order valence-corrected chi connectivity index (χ4v) is 7.58. The third-order valence-corrected chi connectivity index (χ3v) is 9.67. The van der Waals surface area contributed by atoms with E-state index in [2.05, 4.69) is 179 Å². The van der Waals surface area contributed by atoms with E-state index in [0.29, 0.717) is 0 Å². The van der Waals surface area contributed by atoms with Gasteiger partial charge in [0.05, 0.1) is 22.1 Å².